The fourth-order valence-electron chi connectivity index (χ4n) is 2.67. The Morgan fingerprint density at radius 3 is 2.26 bits per heavy atom. The van der Waals surface area contributed by atoms with E-state index in [4.69, 9.17) is 0 Å². The zero-order valence-electron chi connectivity index (χ0n) is 11.1. The van der Waals surface area contributed by atoms with E-state index in [-0.39, 0.29) is 11.9 Å². The second-order valence-electron chi connectivity index (χ2n) is 4.90. The van der Waals surface area contributed by atoms with E-state index in [1.807, 2.05) is 61.6 Å². The number of carbonyl (C=O) groups excluding carboxylic acids is 1. The molecule has 0 N–H and O–H groups in total. The summed E-state index contributed by atoms with van der Waals surface area (Å²) in [4.78, 5) is 12.5. The van der Waals surface area contributed by atoms with Gasteiger partial charge in [-0.1, -0.05) is 48.5 Å². The smallest absolute Gasteiger partial charge is 0.268 e. The molecule has 0 fully saturated rings. The summed E-state index contributed by atoms with van der Waals surface area (Å²) < 4.78 is 0. The minimum Gasteiger partial charge on any atom is -0.268 e. The van der Waals surface area contributed by atoms with Crippen LogP contribution in [0.1, 0.15) is 27.5 Å². The zero-order valence-corrected chi connectivity index (χ0v) is 11.1. The van der Waals surface area contributed by atoms with Gasteiger partial charge in [0.1, 0.15) is 0 Å². The molecule has 3 nitrogen and oxygen atoms in total. The molecule has 0 saturated carbocycles. The molecule has 0 aromatic heterocycles. The van der Waals surface area contributed by atoms with Crippen molar-refractivity contribution < 1.29 is 4.79 Å². The number of fused-ring (bicyclic) bond motifs is 1. The molecule has 3 heteroatoms. The van der Waals surface area contributed by atoms with Crippen molar-refractivity contribution >= 4 is 5.91 Å². The third-order valence-electron chi connectivity index (χ3n) is 3.48. The Morgan fingerprint density at radius 2 is 1.58 bits per heavy atom. The maximum Gasteiger partial charge on any atom is 0.269 e. The van der Waals surface area contributed by atoms with Gasteiger partial charge < -0.3 is 0 Å². The molecule has 3 rings (SSSR count). The number of rotatable bonds is 2. The number of hydrogen-bond donors (Lipinski definition) is 0. The lowest BCUT2D eigenvalue weighted by atomic mass is 9.98. The maximum atomic E-state index is 12.5. The Morgan fingerprint density at radius 1 is 0.947 bits per heavy atom. The van der Waals surface area contributed by atoms with Gasteiger partial charge in [-0.05, 0) is 17.2 Å². The summed E-state index contributed by atoms with van der Waals surface area (Å²) in [6.45, 7) is 0. The highest BCUT2D eigenvalue weighted by molar-refractivity contribution is 5.99. The minimum absolute atomic E-state index is 0.0279. The number of amides is 1. The van der Waals surface area contributed by atoms with Gasteiger partial charge in [-0.3, -0.25) is 9.80 Å². The Kier molecular flexibility index (Phi) is 2.84. The van der Waals surface area contributed by atoms with Gasteiger partial charge in [0.2, 0.25) is 0 Å². The van der Waals surface area contributed by atoms with Gasteiger partial charge >= 0.3 is 0 Å². The zero-order chi connectivity index (χ0) is 13.4. The van der Waals surface area contributed by atoms with Crippen molar-refractivity contribution in [3.05, 3.63) is 71.3 Å². The third-order valence-corrected chi connectivity index (χ3v) is 3.48. The molecule has 19 heavy (non-hydrogen) atoms. The number of benzene rings is 2. The van der Waals surface area contributed by atoms with Crippen molar-refractivity contribution in [3.8, 4) is 0 Å². The van der Waals surface area contributed by atoms with Crippen molar-refractivity contribution in [2.24, 2.45) is 0 Å². The first-order valence-electron chi connectivity index (χ1n) is 6.35. The van der Waals surface area contributed by atoms with Crippen LogP contribution in [0.25, 0.3) is 0 Å². The van der Waals surface area contributed by atoms with E-state index in [9.17, 15) is 4.79 Å². The molecule has 0 aliphatic carbocycles. The lowest BCUT2D eigenvalue weighted by Gasteiger charge is -2.31. The molecule has 0 spiro atoms. The van der Waals surface area contributed by atoms with Gasteiger partial charge in [0, 0.05) is 19.7 Å². The largest absolute Gasteiger partial charge is 0.269 e. The SMILES string of the molecule is CN(C)N1C(=O)c2ccccc2C1c1ccccc1. The Bertz CT molecular complexity index is 607. The van der Waals surface area contributed by atoms with Crippen molar-refractivity contribution in [1.82, 2.24) is 10.0 Å². The van der Waals surface area contributed by atoms with Crippen LogP contribution in [-0.4, -0.2) is 30.0 Å². The second kappa shape index (κ2) is 4.52. The first kappa shape index (κ1) is 11.9. The van der Waals surface area contributed by atoms with Crippen LogP contribution >= 0.6 is 0 Å². The lowest BCUT2D eigenvalue weighted by Crippen LogP contribution is -2.40. The summed E-state index contributed by atoms with van der Waals surface area (Å²) in [6.07, 6.45) is 0. The number of nitrogens with zero attached hydrogens (tertiary/aromatic N) is 2. The van der Waals surface area contributed by atoms with Crippen molar-refractivity contribution in [1.29, 1.82) is 0 Å². The summed E-state index contributed by atoms with van der Waals surface area (Å²) in [5, 5.41) is 3.67. The normalized spacial score (nSPS) is 17.9. The summed E-state index contributed by atoms with van der Waals surface area (Å²) >= 11 is 0. The van der Waals surface area contributed by atoms with Crippen LogP contribution in [0.3, 0.4) is 0 Å². The Balaban J connectivity index is 2.17. The fraction of sp³-hybridized carbons (Fsp3) is 0.188. The summed E-state index contributed by atoms with van der Waals surface area (Å²) in [6, 6.07) is 18.0. The van der Waals surface area contributed by atoms with Crippen LogP contribution in [0.15, 0.2) is 54.6 Å². The number of carbonyl (C=O) groups is 1. The third kappa shape index (κ3) is 1.83. The fourth-order valence-corrected chi connectivity index (χ4v) is 2.67. The van der Waals surface area contributed by atoms with Gasteiger partial charge in [0.15, 0.2) is 0 Å². The van der Waals surface area contributed by atoms with Gasteiger partial charge in [-0.25, -0.2) is 5.01 Å². The highest BCUT2D eigenvalue weighted by atomic mass is 16.2. The Hall–Kier alpha value is -2.13. The predicted molar refractivity (Wildman–Crippen MR) is 74.6 cm³/mol. The molecule has 96 valence electrons. The number of hydrazine groups is 1. The van der Waals surface area contributed by atoms with E-state index in [1.165, 1.54) is 0 Å². The highest BCUT2D eigenvalue weighted by Gasteiger charge is 2.38. The van der Waals surface area contributed by atoms with Crippen molar-refractivity contribution in [2.45, 2.75) is 6.04 Å². The molecular formula is C16H16N2O. The molecule has 1 atom stereocenters. The van der Waals surface area contributed by atoms with Crippen LogP contribution in [0.5, 0.6) is 0 Å². The highest BCUT2D eigenvalue weighted by Crippen LogP contribution is 2.38. The van der Waals surface area contributed by atoms with Gasteiger partial charge in [-0.2, -0.15) is 0 Å². The van der Waals surface area contributed by atoms with Crippen LogP contribution in [0.2, 0.25) is 0 Å². The van der Waals surface area contributed by atoms with Crippen LogP contribution in [0, 0.1) is 0 Å². The van der Waals surface area contributed by atoms with Gasteiger partial charge in [0.25, 0.3) is 5.91 Å². The topological polar surface area (TPSA) is 23.6 Å². The molecule has 0 saturated heterocycles. The molecule has 2 aromatic carbocycles. The first-order valence-corrected chi connectivity index (χ1v) is 6.35. The predicted octanol–water partition coefficient (Wildman–Crippen LogP) is 2.71. The molecule has 1 aliphatic heterocycles. The van der Waals surface area contributed by atoms with E-state index in [0.717, 1.165) is 16.7 Å². The maximum absolute atomic E-state index is 12.5. The molecule has 1 heterocycles. The molecular weight excluding hydrogens is 236 g/mol. The van der Waals surface area contributed by atoms with E-state index in [2.05, 4.69) is 12.1 Å². The average Bonchev–Trinajstić information content (AvgIpc) is 2.74. The van der Waals surface area contributed by atoms with Crippen LogP contribution in [-0.2, 0) is 0 Å². The van der Waals surface area contributed by atoms with Crippen LogP contribution in [0.4, 0.5) is 0 Å². The van der Waals surface area contributed by atoms with E-state index in [0.29, 0.717) is 0 Å². The van der Waals surface area contributed by atoms with E-state index < -0.39 is 0 Å². The van der Waals surface area contributed by atoms with Gasteiger partial charge in [-0.15, -0.1) is 0 Å². The first-order chi connectivity index (χ1) is 9.20. The Labute approximate surface area is 113 Å². The summed E-state index contributed by atoms with van der Waals surface area (Å²) in [5.74, 6) is 0.0643. The molecule has 0 radical (unpaired) electrons. The van der Waals surface area contributed by atoms with Crippen LogP contribution < -0.4 is 0 Å². The van der Waals surface area contributed by atoms with Crippen molar-refractivity contribution in [3.63, 3.8) is 0 Å². The standard InChI is InChI=1S/C16H16N2O/c1-17(2)18-15(12-8-4-3-5-9-12)13-10-6-7-11-14(13)16(18)19/h3-11,15H,1-2H3. The quantitative estimate of drug-likeness (QED) is 0.820. The molecule has 2 aromatic rings. The second-order valence-corrected chi connectivity index (χ2v) is 4.90. The van der Waals surface area contributed by atoms with Gasteiger partial charge in [0.05, 0.1) is 6.04 Å². The molecule has 1 amide bonds. The minimum atomic E-state index is -0.0279. The van der Waals surface area contributed by atoms with E-state index in [1.54, 1.807) is 5.01 Å². The van der Waals surface area contributed by atoms with E-state index >= 15 is 0 Å². The number of hydrogen-bond acceptors (Lipinski definition) is 2. The molecule has 1 aliphatic rings. The monoisotopic (exact) mass is 252 g/mol. The summed E-state index contributed by atoms with van der Waals surface area (Å²) in [5.41, 5.74) is 3.01. The molecule has 1 unspecified atom stereocenters. The van der Waals surface area contributed by atoms with Crippen molar-refractivity contribution in [2.75, 3.05) is 14.1 Å². The average molecular weight is 252 g/mol. The summed E-state index contributed by atoms with van der Waals surface area (Å²) in [7, 11) is 3.80. The molecule has 0 bridgehead atoms. The lowest BCUT2D eigenvalue weighted by molar-refractivity contribution is 0.0113.